The Balaban J connectivity index is 2.36. The molecule has 1 aliphatic carbocycles. The van der Waals surface area contributed by atoms with Crippen molar-refractivity contribution in [3.8, 4) is 0 Å². The minimum absolute atomic E-state index is 0.346. The van der Waals surface area contributed by atoms with E-state index in [1.165, 1.54) is 32.1 Å². The standard InChI is InChI=1S/C12H20O/c1-2-8-12(13)11-9-6-4-3-5-7-10-11/h2,11H,1,3-10H2. The smallest absolute Gasteiger partial charge is 0.139 e. The number of hydrogen-bond acceptors (Lipinski definition) is 1. The first kappa shape index (κ1) is 10.5. The van der Waals surface area contributed by atoms with E-state index in [0.717, 1.165) is 12.8 Å². The number of ketones is 1. The quantitative estimate of drug-likeness (QED) is 0.607. The summed E-state index contributed by atoms with van der Waals surface area (Å²) in [5, 5.41) is 0. The van der Waals surface area contributed by atoms with Crippen molar-refractivity contribution in [2.75, 3.05) is 0 Å². The van der Waals surface area contributed by atoms with Crippen LogP contribution in [0.25, 0.3) is 0 Å². The van der Waals surface area contributed by atoms with Gasteiger partial charge in [0.1, 0.15) is 5.78 Å². The van der Waals surface area contributed by atoms with Crippen molar-refractivity contribution in [3.63, 3.8) is 0 Å². The highest BCUT2D eigenvalue weighted by molar-refractivity contribution is 5.82. The first-order chi connectivity index (χ1) is 6.34. The minimum atomic E-state index is 0.346. The second-order valence-electron chi connectivity index (χ2n) is 4.00. The van der Waals surface area contributed by atoms with Crippen LogP contribution in [0.2, 0.25) is 0 Å². The summed E-state index contributed by atoms with van der Waals surface area (Å²) in [4.78, 5) is 11.6. The molecule has 0 aromatic rings. The number of rotatable bonds is 3. The van der Waals surface area contributed by atoms with Crippen LogP contribution >= 0.6 is 0 Å². The molecule has 1 fully saturated rings. The van der Waals surface area contributed by atoms with E-state index in [-0.39, 0.29) is 0 Å². The van der Waals surface area contributed by atoms with E-state index in [4.69, 9.17) is 0 Å². The Kier molecular flexibility index (Phi) is 4.81. The van der Waals surface area contributed by atoms with Gasteiger partial charge < -0.3 is 0 Å². The van der Waals surface area contributed by atoms with Gasteiger partial charge in [0.25, 0.3) is 0 Å². The molecule has 0 unspecified atom stereocenters. The number of hydrogen-bond donors (Lipinski definition) is 0. The second kappa shape index (κ2) is 5.95. The summed E-state index contributed by atoms with van der Waals surface area (Å²) in [7, 11) is 0. The van der Waals surface area contributed by atoms with Crippen LogP contribution in [0.5, 0.6) is 0 Å². The lowest BCUT2D eigenvalue weighted by molar-refractivity contribution is -0.122. The summed E-state index contributed by atoms with van der Waals surface area (Å²) in [6.45, 7) is 3.62. The summed E-state index contributed by atoms with van der Waals surface area (Å²) in [6, 6.07) is 0. The lowest BCUT2D eigenvalue weighted by atomic mass is 9.87. The summed E-state index contributed by atoms with van der Waals surface area (Å²) in [5.74, 6) is 0.759. The van der Waals surface area contributed by atoms with Gasteiger partial charge in [-0.05, 0) is 12.8 Å². The molecule has 0 radical (unpaired) electrons. The van der Waals surface area contributed by atoms with Crippen LogP contribution in [0.4, 0.5) is 0 Å². The third-order valence-corrected chi connectivity index (χ3v) is 2.91. The summed E-state index contributed by atoms with van der Waals surface area (Å²) >= 11 is 0. The van der Waals surface area contributed by atoms with Gasteiger partial charge in [0, 0.05) is 12.3 Å². The Morgan fingerprint density at radius 1 is 1.15 bits per heavy atom. The van der Waals surface area contributed by atoms with Crippen molar-refractivity contribution >= 4 is 5.78 Å². The van der Waals surface area contributed by atoms with E-state index >= 15 is 0 Å². The van der Waals surface area contributed by atoms with Crippen molar-refractivity contribution in [2.45, 2.75) is 51.4 Å². The monoisotopic (exact) mass is 180 g/mol. The van der Waals surface area contributed by atoms with Crippen molar-refractivity contribution in [3.05, 3.63) is 12.7 Å². The van der Waals surface area contributed by atoms with Gasteiger partial charge >= 0.3 is 0 Å². The van der Waals surface area contributed by atoms with Gasteiger partial charge in [-0.3, -0.25) is 4.79 Å². The maximum absolute atomic E-state index is 11.6. The predicted octanol–water partition coefficient (Wildman–Crippen LogP) is 3.49. The van der Waals surface area contributed by atoms with E-state index in [1.54, 1.807) is 6.08 Å². The number of allylic oxidation sites excluding steroid dienone is 1. The van der Waals surface area contributed by atoms with Crippen molar-refractivity contribution in [1.29, 1.82) is 0 Å². The van der Waals surface area contributed by atoms with Crippen LogP contribution in [0.3, 0.4) is 0 Å². The molecule has 0 aromatic heterocycles. The molecule has 0 bridgehead atoms. The van der Waals surface area contributed by atoms with Crippen LogP contribution in [-0.2, 0) is 4.79 Å². The first-order valence-electron chi connectivity index (χ1n) is 5.48. The second-order valence-corrected chi connectivity index (χ2v) is 4.00. The SMILES string of the molecule is C=CCC(=O)C1CCCCCCC1. The molecule has 74 valence electrons. The van der Waals surface area contributed by atoms with Crippen LogP contribution < -0.4 is 0 Å². The Morgan fingerprint density at radius 2 is 1.69 bits per heavy atom. The molecule has 0 saturated heterocycles. The van der Waals surface area contributed by atoms with Gasteiger partial charge in [0.2, 0.25) is 0 Å². The van der Waals surface area contributed by atoms with Gasteiger partial charge in [-0.1, -0.05) is 38.2 Å². The highest BCUT2D eigenvalue weighted by Crippen LogP contribution is 2.23. The molecule has 0 amide bonds. The molecule has 0 aliphatic heterocycles. The molecule has 0 atom stereocenters. The average molecular weight is 180 g/mol. The maximum Gasteiger partial charge on any atom is 0.139 e. The molecule has 0 N–H and O–H groups in total. The summed E-state index contributed by atoms with van der Waals surface area (Å²) < 4.78 is 0. The van der Waals surface area contributed by atoms with Gasteiger partial charge in [-0.25, -0.2) is 0 Å². The third kappa shape index (κ3) is 3.75. The minimum Gasteiger partial charge on any atom is -0.299 e. The number of carbonyl (C=O) groups excluding carboxylic acids is 1. The molecule has 13 heavy (non-hydrogen) atoms. The third-order valence-electron chi connectivity index (χ3n) is 2.91. The molecule has 0 aromatic carbocycles. The molecule has 1 rings (SSSR count). The largest absolute Gasteiger partial charge is 0.299 e. The fourth-order valence-electron chi connectivity index (χ4n) is 2.09. The molecular formula is C12H20O. The van der Waals surface area contributed by atoms with Crippen molar-refractivity contribution in [1.82, 2.24) is 0 Å². The Hall–Kier alpha value is -0.590. The van der Waals surface area contributed by atoms with Gasteiger partial charge in [-0.15, -0.1) is 6.58 Å². The Bertz CT molecular complexity index is 164. The van der Waals surface area contributed by atoms with Crippen molar-refractivity contribution in [2.24, 2.45) is 5.92 Å². The zero-order chi connectivity index (χ0) is 9.52. The highest BCUT2D eigenvalue weighted by atomic mass is 16.1. The van der Waals surface area contributed by atoms with Gasteiger partial charge in [0.05, 0.1) is 0 Å². The molecular weight excluding hydrogens is 160 g/mol. The Morgan fingerprint density at radius 3 is 2.23 bits per heavy atom. The van der Waals surface area contributed by atoms with Crippen LogP contribution in [0.1, 0.15) is 51.4 Å². The van der Waals surface area contributed by atoms with E-state index < -0.39 is 0 Å². The van der Waals surface area contributed by atoms with E-state index in [9.17, 15) is 4.79 Å². The maximum atomic E-state index is 11.6. The fourth-order valence-corrected chi connectivity index (χ4v) is 2.09. The lowest BCUT2D eigenvalue weighted by Gasteiger charge is -2.17. The van der Waals surface area contributed by atoms with E-state index in [2.05, 4.69) is 6.58 Å². The fraction of sp³-hybridized carbons (Fsp3) is 0.750. The summed E-state index contributed by atoms with van der Waals surface area (Å²) in [5.41, 5.74) is 0. The first-order valence-corrected chi connectivity index (χ1v) is 5.48. The zero-order valence-electron chi connectivity index (χ0n) is 8.43. The molecule has 1 aliphatic rings. The van der Waals surface area contributed by atoms with Crippen LogP contribution in [0.15, 0.2) is 12.7 Å². The van der Waals surface area contributed by atoms with Crippen molar-refractivity contribution < 1.29 is 4.79 Å². The summed E-state index contributed by atoms with van der Waals surface area (Å²) in [6.07, 6.45) is 11.0. The molecule has 1 saturated carbocycles. The van der Waals surface area contributed by atoms with E-state index in [0.29, 0.717) is 18.1 Å². The molecule has 1 heteroatoms. The molecule has 0 spiro atoms. The van der Waals surface area contributed by atoms with E-state index in [1.807, 2.05) is 0 Å². The lowest BCUT2D eigenvalue weighted by Crippen LogP contribution is -2.14. The van der Waals surface area contributed by atoms with Crippen LogP contribution in [-0.4, -0.2) is 5.78 Å². The topological polar surface area (TPSA) is 17.1 Å². The van der Waals surface area contributed by atoms with Gasteiger partial charge in [-0.2, -0.15) is 0 Å². The van der Waals surface area contributed by atoms with Crippen LogP contribution in [0, 0.1) is 5.92 Å². The molecule has 1 nitrogen and oxygen atoms in total. The normalized spacial score (nSPS) is 20.3. The Labute approximate surface area is 81.2 Å². The molecule has 0 heterocycles. The van der Waals surface area contributed by atoms with Gasteiger partial charge in [0.15, 0.2) is 0 Å². The number of Topliss-reactive ketones (excluding diaryl/α,β-unsaturated/α-hetero) is 1. The predicted molar refractivity (Wildman–Crippen MR) is 55.6 cm³/mol. The zero-order valence-corrected chi connectivity index (χ0v) is 8.43. The average Bonchev–Trinajstić information content (AvgIpc) is 2.03. The highest BCUT2D eigenvalue weighted by Gasteiger charge is 2.17. The number of carbonyl (C=O) groups is 1.